The number of hydrogen-bond donors (Lipinski definition) is 2. The maximum Gasteiger partial charge on any atom is 0.319 e. The Morgan fingerprint density at radius 3 is 2.48 bits per heavy atom. The lowest BCUT2D eigenvalue weighted by Gasteiger charge is -2.34. The number of methoxy groups -OCH3 is 1. The molecular formula is C21H30N6O4. The molecule has 10 heteroatoms. The van der Waals surface area contributed by atoms with E-state index in [4.69, 9.17) is 9.47 Å². The van der Waals surface area contributed by atoms with E-state index in [1.54, 1.807) is 30.1 Å². The third-order valence-corrected chi connectivity index (χ3v) is 5.01. The molecule has 1 aromatic carbocycles. The molecular weight excluding hydrogens is 400 g/mol. The number of anilines is 1. The summed E-state index contributed by atoms with van der Waals surface area (Å²) in [5.74, 6) is 1.04. The van der Waals surface area contributed by atoms with E-state index in [2.05, 4.69) is 20.6 Å². The van der Waals surface area contributed by atoms with Crippen LogP contribution in [-0.2, 0) is 7.05 Å². The predicted molar refractivity (Wildman–Crippen MR) is 117 cm³/mol. The summed E-state index contributed by atoms with van der Waals surface area (Å²) in [7, 11) is 3.27. The molecule has 0 saturated carbocycles. The third-order valence-electron chi connectivity index (χ3n) is 5.01. The summed E-state index contributed by atoms with van der Waals surface area (Å²) in [6.45, 7) is 6.50. The van der Waals surface area contributed by atoms with Crippen molar-refractivity contribution in [2.45, 2.75) is 6.92 Å². The Morgan fingerprint density at radius 2 is 1.84 bits per heavy atom. The van der Waals surface area contributed by atoms with Crippen LogP contribution in [0.4, 0.5) is 10.5 Å². The Bertz CT molecular complexity index is 874. The highest BCUT2D eigenvalue weighted by Crippen LogP contribution is 2.18. The molecule has 10 nitrogen and oxygen atoms in total. The summed E-state index contributed by atoms with van der Waals surface area (Å²) >= 11 is 0. The summed E-state index contributed by atoms with van der Waals surface area (Å²) < 4.78 is 12.2. The van der Waals surface area contributed by atoms with Crippen LogP contribution in [-0.4, -0.2) is 84.5 Å². The van der Waals surface area contributed by atoms with Gasteiger partial charge in [-0.05, 0) is 31.2 Å². The quantitative estimate of drug-likeness (QED) is 0.657. The van der Waals surface area contributed by atoms with Gasteiger partial charge in [-0.2, -0.15) is 0 Å². The molecule has 0 radical (unpaired) electrons. The van der Waals surface area contributed by atoms with E-state index in [1.165, 1.54) is 7.11 Å². The van der Waals surface area contributed by atoms with Crippen LogP contribution in [0, 0.1) is 0 Å². The van der Waals surface area contributed by atoms with E-state index in [-0.39, 0.29) is 11.9 Å². The fraction of sp³-hybridized carbons (Fsp3) is 0.476. The van der Waals surface area contributed by atoms with Crippen LogP contribution < -0.4 is 20.1 Å². The van der Waals surface area contributed by atoms with Crippen molar-refractivity contribution in [2.75, 3.05) is 58.3 Å². The number of aromatic nitrogens is 2. The van der Waals surface area contributed by atoms with Crippen LogP contribution in [0.1, 0.15) is 17.3 Å². The Labute approximate surface area is 182 Å². The fourth-order valence-corrected chi connectivity index (χ4v) is 3.41. The highest BCUT2D eigenvalue weighted by Gasteiger charge is 2.26. The second-order valence-electron chi connectivity index (χ2n) is 7.20. The smallest absolute Gasteiger partial charge is 0.319 e. The normalized spacial score (nSPS) is 14.2. The van der Waals surface area contributed by atoms with Crippen LogP contribution in [0.25, 0.3) is 0 Å². The Hall–Kier alpha value is -3.27. The zero-order valence-electron chi connectivity index (χ0n) is 18.3. The van der Waals surface area contributed by atoms with E-state index in [0.29, 0.717) is 43.4 Å². The molecule has 0 spiro atoms. The molecule has 0 bridgehead atoms. The minimum Gasteiger partial charge on any atom is -0.494 e. The van der Waals surface area contributed by atoms with Gasteiger partial charge >= 0.3 is 6.03 Å². The third kappa shape index (κ3) is 6.11. The zero-order chi connectivity index (χ0) is 22.2. The highest BCUT2D eigenvalue weighted by molar-refractivity contribution is 5.96. The van der Waals surface area contributed by atoms with E-state index < -0.39 is 0 Å². The SMILES string of the molecule is CCOc1ccc(NC(=O)NCCN2CCN(C(=O)c3cn(C)nc3OC)CC2)cc1. The second kappa shape index (κ2) is 10.7. The first-order chi connectivity index (χ1) is 15.0. The van der Waals surface area contributed by atoms with E-state index >= 15 is 0 Å². The second-order valence-corrected chi connectivity index (χ2v) is 7.20. The van der Waals surface area contributed by atoms with Gasteiger partial charge in [-0.25, -0.2) is 4.79 Å². The van der Waals surface area contributed by atoms with Gasteiger partial charge in [0.2, 0.25) is 5.88 Å². The molecule has 1 aliphatic heterocycles. The van der Waals surface area contributed by atoms with Crippen molar-refractivity contribution in [3.8, 4) is 11.6 Å². The van der Waals surface area contributed by atoms with Crippen molar-refractivity contribution in [3.05, 3.63) is 36.0 Å². The number of amides is 3. The fourth-order valence-electron chi connectivity index (χ4n) is 3.41. The number of carbonyl (C=O) groups is 2. The number of piperazine rings is 1. The van der Waals surface area contributed by atoms with Crippen LogP contribution in [0.5, 0.6) is 11.6 Å². The standard InChI is InChI=1S/C21H30N6O4/c1-4-31-17-7-5-16(6-8-17)23-21(29)22-9-10-26-11-13-27(14-12-26)20(28)18-15-25(2)24-19(18)30-3/h5-8,15H,4,9-14H2,1-3H3,(H2,22,23,29). The molecule has 0 atom stereocenters. The lowest BCUT2D eigenvalue weighted by molar-refractivity contribution is 0.0636. The van der Waals surface area contributed by atoms with E-state index in [0.717, 1.165) is 25.4 Å². The predicted octanol–water partition coefficient (Wildman–Crippen LogP) is 1.41. The first-order valence-corrected chi connectivity index (χ1v) is 10.4. The van der Waals surface area contributed by atoms with Gasteiger partial charge in [-0.1, -0.05) is 0 Å². The first kappa shape index (κ1) is 22.4. The van der Waals surface area contributed by atoms with Crippen molar-refractivity contribution in [1.82, 2.24) is 24.9 Å². The summed E-state index contributed by atoms with van der Waals surface area (Å²) in [4.78, 5) is 28.8. The lowest BCUT2D eigenvalue weighted by Crippen LogP contribution is -2.50. The van der Waals surface area contributed by atoms with Crippen molar-refractivity contribution in [1.29, 1.82) is 0 Å². The van der Waals surface area contributed by atoms with E-state index in [1.807, 2.05) is 24.0 Å². The number of benzene rings is 1. The average Bonchev–Trinajstić information content (AvgIpc) is 3.16. The van der Waals surface area contributed by atoms with Gasteiger partial charge in [0.25, 0.3) is 5.91 Å². The van der Waals surface area contributed by atoms with Gasteiger partial charge in [0.15, 0.2) is 0 Å². The number of nitrogens with one attached hydrogen (secondary N) is 2. The number of hydrogen-bond acceptors (Lipinski definition) is 6. The largest absolute Gasteiger partial charge is 0.494 e. The molecule has 0 aliphatic carbocycles. The Morgan fingerprint density at radius 1 is 1.13 bits per heavy atom. The molecule has 1 fully saturated rings. The number of nitrogens with zero attached hydrogens (tertiary/aromatic N) is 4. The molecule has 3 rings (SSSR count). The topological polar surface area (TPSA) is 101 Å². The lowest BCUT2D eigenvalue weighted by atomic mass is 10.2. The maximum atomic E-state index is 12.7. The van der Waals surface area contributed by atoms with Crippen molar-refractivity contribution >= 4 is 17.6 Å². The molecule has 2 heterocycles. The first-order valence-electron chi connectivity index (χ1n) is 10.4. The van der Waals surface area contributed by atoms with Crippen LogP contribution >= 0.6 is 0 Å². The molecule has 168 valence electrons. The van der Waals surface area contributed by atoms with Gasteiger partial charge in [0.05, 0.1) is 13.7 Å². The van der Waals surface area contributed by atoms with Crippen LogP contribution in [0.2, 0.25) is 0 Å². The molecule has 1 aromatic heterocycles. The minimum absolute atomic E-state index is 0.0718. The summed E-state index contributed by atoms with van der Waals surface area (Å²) in [6, 6.07) is 7.00. The van der Waals surface area contributed by atoms with Crippen molar-refractivity contribution in [3.63, 3.8) is 0 Å². The number of aryl methyl sites for hydroxylation is 1. The molecule has 2 N–H and O–H groups in total. The van der Waals surface area contributed by atoms with Crippen molar-refractivity contribution in [2.24, 2.45) is 7.05 Å². The molecule has 0 unspecified atom stereocenters. The monoisotopic (exact) mass is 430 g/mol. The highest BCUT2D eigenvalue weighted by atomic mass is 16.5. The summed E-state index contributed by atoms with van der Waals surface area (Å²) in [5, 5.41) is 9.81. The average molecular weight is 431 g/mol. The van der Waals surface area contributed by atoms with Gasteiger partial charge in [-0.15, -0.1) is 5.10 Å². The minimum atomic E-state index is -0.248. The number of ether oxygens (including phenoxy) is 2. The van der Waals surface area contributed by atoms with Gasteiger partial charge in [0, 0.05) is 58.2 Å². The van der Waals surface area contributed by atoms with Crippen molar-refractivity contribution < 1.29 is 19.1 Å². The van der Waals surface area contributed by atoms with Gasteiger partial charge in [-0.3, -0.25) is 14.4 Å². The van der Waals surface area contributed by atoms with Crippen LogP contribution in [0.15, 0.2) is 30.5 Å². The van der Waals surface area contributed by atoms with Gasteiger partial charge < -0.3 is 25.0 Å². The molecule has 3 amide bonds. The molecule has 1 saturated heterocycles. The Kier molecular flexibility index (Phi) is 7.71. The molecule has 31 heavy (non-hydrogen) atoms. The zero-order valence-corrected chi connectivity index (χ0v) is 18.3. The maximum absolute atomic E-state index is 12.7. The summed E-state index contributed by atoms with van der Waals surface area (Å²) in [6.07, 6.45) is 1.68. The van der Waals surface area contributed by atoms with E-state index in [9.17, 15) is 9.59 Å². The number of rotatable bonds is 8. The Balaban J connectivity index is 1.37. The number of urea groups is 1. The molecule has 1 aliphatic rings. The van der Waals surface area contributed by atoms with Crippen LogP contribution in [0.3, 0.4) is 0 Å². The molecule has 2 aromatic rings. The number of carbonyl (C=O) groups excluding carboxylic acids is 2. The summed E-state index contributed by atoms with van der Waals surface area (Å²) in [5.41, 5.74) is 1.19. The van der Waals surface area contributed by atoms with Gasteiger partial charge in [0.1, 0.15) is 11.3 Å².